The number of hydrogen-bond donors (Lipinski definition) is 3. The Morgan fingerprint density at radius 3 is 2.56 bits per heavy atom. The molecule has 0 bridgehead atoms. The summed E-state index contributed by atoms with van der Waals surface area (Å²) >= 11 is 0. The number of imidazole rings is 1. The molecule has 2 aromatic heterocycles. The summed E-state index contributed by atoms with van der Waals surface area (Å²) in [5.41, 5.74) is 3.81. The van der Waals surface area contributed by atoms with Gasteiger partial charge in [-0.25, -0.2) is 4.98 Å². The Balaban J connectivity index is 1.43. The van der Waals surface area contributed by atoms with Crippen LogP contribution in [0.4, 0.5) is 5.69 Å². The van der Waals surface area contributed by atoms with Gasteiger partial charge in [0.15, 0.2) is 0 Å². The van der Waals surface area contributed by atoms with Crippen molar-refractivity contribution in [3.63, 3.8) is 0 Å². The van der Waals surface area contributed by atoms with Gasteiger partial charge in [-0.1, -0.05) is 30.3 Å². The Kier molecular flexibility index (Phi) is 4.37. The van der Waals surface area contributed by atoms with E-state index in [4.69, 9.17) is 0 Å². The second-order valence-corrected chi connectivity index (χ2v) is 6.70. The Labute approximate surface area is 146 Å². The van der Waals surface area contributed by atoms with Gasteiger partial charge >= 0.3 is 0 Å². The minimum Gasteiger partial charge on any atom is -0.378 e. The van der Waals surface area contributed by atoms with Gasteiger partial charge < -0.3 is 15.3 Å². The monoisotopic (exact) mass is 334 g/mol. The van der Waals surface area contributed by atoms with Gasteiger partial charge in [0.2, 0.25) is 0 Å². The highest BCUT2D eigenvalue weighted by Crippen LogP contribution is 2.33. The Hall–Kier alpha value is -2.82. The number of aromatic amines is 2. The summed E-state index contributed by atoms with van der Waals surface area (Å²) in [4.78, 5) is 22.1. The first kappa shape index (κ1) is 15.7. The largest absolute Gasteiger partial charge is 0.378 e. The molecule has 1 aromatic carbocycles. The van der Waals surface area contributed by atoms with Crippen LogP contribution in [0.2, 0.25) is 0 Å². The fourth-order valence-corrected chi connectivity index (χ4v) is 3.68. The summed E-state index contributed by atoms with van der Waals surface area (Å²) in [7, 11) is 0. The van der Waals surface area contributed by atoms with E-state index in [2.05, 4.69) is 50.6 Å². The van der Waals surface area contributed by atoms with Crippen molar-refractivity contribution < 1.29 is 0 Å². The van der Waals surface area contributed by atoms with E-state index in [0.29, 0.717) is 17.6 Å². The summed E-state index contributed by atoms with van der Waals surface area (Å²) in [5.74, 6) is 0.633. The molecule has 1 fully saturated rings. The number of aromatic nitrogens is 3. The zero-order valence-electron chi connectivity index (χ0n) is 14.0. The summed E-state index contributed by atoms with van der Waals surface area (Å²) in [6.07, 6.45) is 9.56. The van der Waals surface area contributed by atoms with Crippen LogP contribution < -0.4 is 10.9 Å². The van der Waals surface area contributed by atoms with Gasteiger partial charge in [-0.05, 0) is 43.2 Å². The van der Waals surface area contributed by atoms with Crippen LogP contribution in [0.1, 0.15) is 37.2 Å². The smallest absolute Gasteiger partial charge is 0.271 e. The number of anilines is 1. The summed E-state index contributed by atoms with van der Waals surface area (Å²) in [5, 5.41) is 3.45. The highest BCUT2D eigenvalue weighted by molar-refractivity contribution is 5.62. The molecule has 5 heteroatoms. The van der Waals surface area contributed by atoms with Gasteiger partial charge in [0.05, 0.1) is 18.2 Å². The van der Waals surface area contributed by atoms with Crippen LogP contribution in [0.3, 0.4) is 0 Å². The molecule has 0 unspecified atom stereocenters. The standard InChI is InChI=1S/C20H22N4O/c25-20-18(10-16(11-22-20)19-12-21-13-23-19)24-17-8-6-15(7-9-17)14-4-2-1-3-5-14/h1-5,10-13,15,17,24H,6-9H2,(H,21,23)(H,22,25). The molecule has 3 N–H and O–H groups in total. The van der Waals surface area contributed by atoms with Crippen LogP contribution >= 0.6 is 0 Å². The summed E-state index contributed by atoms with van der Waals surface area (Å²) in [6.45, 7) is 0. The van der Waals surface area contributed by atoms with Crippen LogP contribution in [0.25, 0.3) is 11.3 Å². The predicted molar refractivity (Wildman–Crippen MR) is 99.7 cm³/mol. The zero-order valence-corrected chi connectivity index (χ0v) is 14.0. The molecule has 0 aliphatic heterocycles. The van der Waals surface area contributed by atoms with Crippen molar-refractivity contribution in [3.8, 4) is 11.3 Å². The third-order valence-corrected chi connectivity index (χ3v) is 5.07. The Bertz CT molecular complexity index is 862. The van der Waals surface area contributed by atoms with E-state index in [0.717, 1.165) is 36.9 Å². The maximum absolute atomic E-state index is 12.2. The van der Waals surface area contributed by atoms with Gasteiger partial charge in [0.25, 0.3) is 5.56 Å². The van der Waals surface area contributed by atoms with Crippen LogP contribution in [0, 0.1) is 0 Å². The topological polar surface area (TPSA) is 73.6 Å². The molecule has 4 rings (SSSR count). The summed E-state index contributed by atoms with van der Waals surface area (Å²) < 4.78 is 0. The Morgan fingerprint density at radius 1 is 1.04 bits per heavy atom. The van der Waals surface area contributed by atoms with Crippen LogP contribution in [0.15, 0.2) is 59.9 Å². The molecule has 0 saturated heterocycles. The first-order chi connectivity index (χ1) is 12.3. The molecular weight excluding hydrogens is 312 g/mol. The van der Waals surface area contributed by atoms with E-state index >= 15 is 0 Å². The quantitative estimate of drug-likeness (QED) is 0.677. The van der Waals surface area contributed by atoms with Gasteiger partial charge in [-0.3, -0.25) is 4.79 Å². The molecule has 1 saturated carbocycles. The van der Waals surface area contributed by atoms with Gasteiger partial charge in [-0.15, -0.1) is 0 Å². The molecule has 1 aliphatic carbocycles. The highest BCUT2D eigenvalue weighted by atomic mass is 16.1. The SMILES string of the molecule is O=c1[nH]cc(-c2cnc[nH]2)cc1NC1CCC(c2ccccc2)CC1. The molecule has 0 radical (unpaired) electrons. The second kappa shape index (κ2) is 6.97. The van der Waals surface area contributed by atoms with Crippen molar-refractivity contribution in [2.24, 2.45) is 0 Å². The number of nitrogens with zero attached hydrogens (tertiary/aromatic N) is 1. The highest BCUT2D eigenvalue weighted by Gasteiger charge is 2.22. The predicted octanol–water partition coefficient (Wildman–Crippen LogP) is 3.90. The van der Waals surface area contributed by atoms with E-state index in [9.17, 15) is 4.79 Å². The average molecular weight is 334 g/mol. The second-order valence-electron chi connectivity index (χ2n) is 6.70. The van der Waals surface area contributed by atoms with Gasteiger partial charge in [0, 0.05) is 17.8 Å². The zero-order chi connectivity index (χ0) is 17.1. The normalized spacial score (nSPS) is 20.3. The first-order valence-corrected chi connectivity index (χ1v) is 8.82. The maximum Gasteiger partial charge on any atom is 0.271 e. The number of rotatable bonds is 4. The van der Waals surface area contributed by atoms with Crippen molar-refractivity contribution in [2.45, 2.75) is 37.6 Å². The first-order valence-electron chi connectivity index (χ1n) is 8.82. The van der Waals surface area contributed by atoms with Crippen molar-refractivity contribution in [3.05, 3.63) is 71.0 Å². The fraction of sp³-hybridized carbons (Fsp3) is 0.300. The number of nitrogens with one attached hydrogen (secondary N) is 3. The molecule has 0 amide bonds. The van der Waals surface area contributed by atoms with Crippen LogP contribution in [-0.2, 0) is 0 Å². The van der Waals surface area contributed by atoms with E-state index in [-0.39, 0.29) is 5.56 Å². The number of H-pyrrole nitrogens is 2. The fourth-order valence-electron chi connectivity index (χ4n) is 3.68. The molecule has 2 heterocycles. The van der Waals surface area contributed by atoms with E-state index in [1.165, 1.54) is 5.56 Å². The average Bonchev–Trinajstić information content (AvgIpc) is 3.20. The number of hydrogen-bond acceptors (Lipinski definition) is 3. The molecular formula is C20H22N4O. The lowest BCUT2D eigenvalue weighted by atomic mass is 9.82. The van der Waals surface area contributed by atoms with Crippen molar-refractivity contribution in [1.29, 1.82) is 0 Å². The van der Waals surface area contributed by atoms with Crippen LogP contribution in [0.5, 0.6) is 0 Å². The molecule has 5 nitrogen and oxygen atoms in total. The molecule has 25 heavy (non-hydrogen) atoms. The Morgan fingerprint density at radius 2 is 1.84 bits per heavy atom. The molecule has 0 atom stereocenters. The third kappa shape index (κ3) is 3.50. The van der Waals surface area contributed by atoms with E-state index < -0.39 is 0 Å². The van der Waals surface area contributed by atoms with Crippen molar-refractivity contribution in [2.75, 3.05) is 5.32 Å². The number of pyridine rings is 1. The lowest BCUT2D eigenvalue weighted by Gasteiger charge is -2.29. The van der Waals surface area contributed by atoms with Crippen molar-refractivity contribution >= 4 is 5.69 Å². The van der Waals surface area contributed by atoms with E-state index in [1.807, 2.05) is 6.07 Å². The summed E-state index contributed by atoms with van der Waals surface area (Å²) in [6, 6.07) is 13.0. The van der Waals surface area contributed by atoms with Gasteiger partial charge in [-0.2, -0.15) is 0 Å². The molecule has 0 spiro atoms. The molecule has 128 valence electrons. The van der Waals surface area contributed by atoms with Crippen LogP contribution in [-0.4, -0.2) is 21.0 Å². The minimum absolute atomic E-state index is 0.0755. The van der Waals surface area contributed by atoms with E-state index in [1.54, 1.807) is 18.7 Å². The lowest BCUT2D eigenvalue weighted by molar-refractivity contribution is 0.412. The third-order valence-electron chi connectivity index (χ3n) is 5.07. The maximum atomic E-state index is 12.2. The minimum atomic E-state index is -0.0755. The van der Waals surface area contributed by atoms with Gasteiger partial charge in [0.1, 0.15) is 5.69 Å². The lowest BCUT2D eigenvalue weighted by Crippen LogP contribution is -2.28. The van der Waals surface area contributed by atoms with Crippen molar-refractivity contribution in [1.82, 2.24) is 15.0 Å². The number of benzene rings is 1. The molecule has 3 aromatic rings. The molecule has 1 aliphatic rings.